The number of hydrogen-bond donors (Lipinski definition) is 0. The highest BCUT2D eigenvalue weighted by Gasteiger charge is 2.41. The van der Waals surface area contributed by atoms with Crippen molar-refractivity contribution in [1.29, 1.82) is 0 Å². The van der Waals surface area contributed by atoms with Gasteiger partial charge in [-0.25, -0.2) is 4.98 Å². The van der Waals surface area contributed by atoms with Crippen molar-refractivity contribution in [3.63, 3.8) is 0 Å². The molecule has 4 rings (SSSR count). The molecule has 0 aliphatic carbocycles. The standard InChI is InChI=1S/C17H20N4/c1-2-8-19-17(5-1)21-12-15-6-9-20(16(15)13-21)11-14-4-3-7-18-10-14/h1-5,7-8,10,15-16H,6,9,11-13H2. The minimum Gasteiger partial charge on any atom is -0.355 e. The summed E-state index contributed by atoms with van der Waals surface area (Å²) < 4.78 is 0. The van der Waals surface area contributed by atoms with Crippen molar-refractivity contribution in [1.82, 2.24) is 14.9 Å². The Balaban J connectivity index is 1.46. The van der Waals surface area contributed by atoms with Crippen LogP contribution in [0.4, 0.5) is 5.82 Å². The van der Waals surface area contributed by atoms with Gasteiger partial charge in [-0.05, 0) is 42.6 Å². The van der Waals surface area contributed by atoms with Gasteiger partial charge in [-0.15, -0.1) is 0 Å². The summed E-state index contributed by atoms with van der Waals surface area (Å²) in [5.74, 6) is 1.90. The molecule has 0 aromatic carbocycles. The number of aromatic nitrogens is 2. The minimum atomic E-state index is 0.659. The van der Waals surface area contributed by atoms with Gasteiger partial charge in [0, 0.05) is 44.3 Å². The Hall–Kier alpha value is -1.94. The third-order valence-electron chi connectivity index (χ3n) is 4.74. The van der Waals surface area contributed by atoms with E-state index in [1.807, 2.05) is 30.7 Å². The second-order valence-electron chi connectivity index (χ2n) is 6.04. The first-order valence-corrected chi connectivity index (χ1v) is 7.69. The topological polar surface area (TPSA) is 32.3 Å². The molecule has 0 bridgehead atoms. The molecule has 2 aromatic heterocycles. The molecule has 2 fully saturated rings. The fraction of sp³-hybridized carbons (Fsp3) is 0.412. The molecular weight excluding hydrogens is 260 g/mol. The fourth-order valence-electron chi connectivity index (χ4n) is 3.70. The van der Waals surface area contributed by atoms with E-state index in [-0.39, 0.29) is 0 Å². The van der Waals surface area contributed by atoms with Crippen LogP contribution in [-0.4, -0.2) is 40.5 Å². The lowest BCUT2D eigenvalue weighted by molar-refractivity contribution is 0.245. The highest BCUT2D eigenvalue weighted by Crippen LogP contribution is 2.34. The Bertz CT molecular complexity index is 586. The Labute approximate surface area is 125 Å². The molecule has 2 atom stereocenters. The smallest absolute Gasteiger partial charge is 0.128 e. The summed E-state index contributed by atoms with van der Waals surface area (Å²) >= 11 is 0. The zero-order valence-corrected chi connectivity index (χ0v) is 12.1. The van der Waals surface area contributed by atoms with Crippen molar-refractivity contribution >= 4 is 5.82 Å². The van der Waals surface area contributed by atoms with Gasteiger partial charge in [0.2, 0.25) is 0 Å². The van der Waals surface area contributed by atoms with Crippen LogP contribution in [-0.2, 0) is 6.54 Å². The Morgan fingerprint density at radius 2 is 2.10 bits per heavy atom. The van der Waals surface area contributed by atoms with Crippen LogP contribution in [0.2, 0.25) is 0 Å². The van der Waals surface area contributed by atoms with Gasteiger partial charge in [0.1, 0.15) is 5.82 Å². The highest BCUT2D eigenvalue weighted by atomic mass is 15.3. The van der Waals surface area contributed by atoms with E-state index < -0.39 is 0 Å². The summed E-state index contributed by atoms with van der Waals surface area (Å²) in [5.41, 5.74) is 1.31. The lowest BCUT2D eigenvalue weighted by Crippen LogP contribution is -2.35. The maximum absolute atomic E-state index is 4.49. The molecule has 2 aromatic rings. The van der Waals surface area contributed by atoms with Gasteiger partial charge in [0.15, 0.2) is 0 Å². The van der Waals surface area contributed by atoms with Gasteiger partial charge in [0.25, 0.3) is 0 Å². The number of likely N-dealkylation sites (tertiary alicyclic amines) is 1. The number of hydrogen-bond acceptors (Lipinski definition) is 4. The van der Waals surface area contributed by atoms with Crippen LogP contribution in [0, 0.1) is 5.92 Å². The van der Waals surface area contributed by atoms with Crippen LogP contribution in [0.25, 0.3) is 0 Å². The van der Waals surface area contributed by atoms with Crippen molar-refractivity contribution in [2.45, 2.75) is 19.0 Å². The normalized spacial score (nSPS) is 25.2. The van der Waals surface area contributed by atoms with Crippen molar-refractivity contribution < 1.29 is 0 Å². The minimum absolute atomic E-state index is 0.659. The zero-order chi connectivity index (χ0) is 14.1. The molecule has 108 valence electrons. The van der Waals surface area contributed by atoms with Crippen molar-refractivity contribution in [2.75, 3.05) is 24.5 Å². The van der Waals surface area contributed by atoms with E-state index >= 15 is 0 Å². The predicted molar refractivity (Wildman–Crippen MR) is 83.0 cm³/mol. The lowest BCUT2D eigenvalue weighted by Gasteiger charge is -2.25. The molecule has 0 N–H and O–H groups in total. The third-order valence-corrected chi connectivity index (χ3v) is 4.74. The maximum Gasteiger partial charge on any atom is 0.128 e. The van der Waals surface area contributed by atoms with E-state index in [0.717, 1.165) is 31.4 Å². The van der Waals surface area contributed by atoms with Gasteiger partial charge in [-0.1, -0.05) is 12.1 Å². The van der Waals surface area contributed by atoms with Crippen molar-refractivity contribution in [3.8, 4) is 0 Å². The summed E-state index contributed by atoms with van der Waals surface area (Å²) in [7, 11) is 0. The van der Waals surface area contributed by atoms with Gasteiger partial charge >= 0.3 is 0 Å². The quantitative estimate of drug-likeness (QED) is 0.862. The molecule has 2 saturated heterocycles. The zero-order valence-electron chi connectivity index (χ0n) is 12.1. The number of rotatable bonds is 3. The van der Waals surface area contributed by atoms with Gasteiger partial charge in [0.05, 0.1) is 0 Å². The van der Waals surface area contributed by atoms with Crippen LogP contribution >= 0.6 is 0 Å². The number of pyridine rings is 2. The Morgan fingerprint density at radius 3 is 2.90 bits per heavy atom. The SMILES string of the molecule is c1ccc(N2CC3CCN(Cc4cccnc4)C3C2)nc1. The summed E-state index contributed by atoms with van der Waals surface area (Å²) in [4.78, 5) is 13.8. The first-order chi connectivity index (χ1) is 10.4. The maximum atomic E-state index is 4.49. The molecule has 0 saturated carbocycles. The second kappa shape index (κ2) is 5.45. The van der Waals surface area contributed by atoms with E-state index in [0.29, 0.717) is 6.04 Å². The summed E-state index contributed by atoms with van der Waals surface area (Å²) in [5, 5.41) is 0. The summed E-state index contributed by atoms with van der Waals surface area (Å²) in [6.45, 7) is 4.47. The molecule has 0 spiro atoms. The van der Waals surface area contributed by atoms with Crippen LogP contribution in [0.5, 0.6) is 0 Å². The molecule has 2 aliphatic heterocycles. The van der Waals surface area contributed by atoms with E-state index in [1.54, 1.807) is 0 Å². The molecule has 2 unspecified atom stereocenters. The molecule has 2 aliphatic rings. The largest absolute Gasteiger partial charge is 0.355 e. The van der Waals surface area contributed by atoms with Crippen LogP contribution in [0.3, 0.4) is 0 Å². The van der Waals surface area contributed by atoms with Crippen molar-refractivity contribution in [3.05, 3.63) is 54.5 Å². The molecule has 4 nitrogen and oxygen atoms in total. The first-order valence-electron chi connectivity index (χ1n) is 7.69. The predicted octanol–water partition coefficient (Wildman–Crippen LogP) is 2.19. The molecule has 21 heavy (non-hydrogen) atoms. The van der Waals surface area contributed by atoms with E-state index in [1.165, 1.54) is 18.5 Å². The summed E-state index contributed by atoms with van der Waals surface area (Å²) in [6.07, 6.45) is 7.01. The number of fused-ring (bicyclic) bond motifs is 1. The molecular formula is C17H20N4. The fourth-order valence-corrected chi connectivity index (χ4v) is 3.70. The average molecular weight is 280 g/mol. The van der Waals surface area contributed by atoms with Crippen molar-refractivity contribution in [2.24, 2.45) is 5.92 Å². The molecule has 0 amide bonds. The third kappa shape index (κ3) is 2.51. The van der Waals surface area contributed by atoms with E-state index in [9.17, 15) is 0 Å². The van der Waals surface area contributed by atoms with Gasteiger partial charge < -0.3 is 4.90 Å². The summed E-state index contributed by atoms with van der Waals surface area (Å²) in [6, 6.07) is 11.0. The highest BCUT2D eigenvalue weighted by molar-refractivity contribution is 5.40. The Morgan fingerprint density at radius 1 is 1.10 bits per heavy atom. The molecule has 4 heterocycles. The first kappa shape index (κ1) is 12.8. The number of nitrogens with zero attached hydrogens (tertiary/aromatic N) is 4. The van der Waals surface area contributed by atoms with Crippen LogP contribution < -0.4 is 4.90 Å². The van der Waals surface area contributed by atoms with Crippen LogP contribution in [0.1, 0.15) is 12.0 Å². The lowest BCUT2D eigenvalue weighted by atomic mass is 10.1. The monoisotopic (exact) mass is 280 g/mol. The molecule has 0 radical (unpaired) electrons. The van der Waals surface area contributed by atoms with E-state index in [4.69, 9.17) is 0 Å². The van der Waals surface area contributed by atoms with Gasteiger partial charge in [-0.3, -0.25) is 9.88 Å². The van der Waals surface area contributed by atoms with Crippen LogP contribution in [0.15, 0.2) is 48.9 Å². The average Bonchev–Trinajstić information content (AvgIpc) is 3.11. The van der Waals surface area contributed by atoms with Gasteiger partial charge in [-0.2, -0.15) is 0 Å². The second-order valence-corrected chi connectivity index (χ2v) is 6.04. The van der Waals surface area contributed by atoms with E-state index in [2.05, 4.69) is 38.0 Å². The Kier molecular flexibility index (Phi) is 3.31. The molecule has 4 heteroatoms. The number of anilines is 1.